The lowest BCUT2D eigenvalue weighted by molar-refractivity contribution is 0.0944. The summed E-state index contributed by atoms with van der Waals surface area (Å²) < 4.78 is 10.3. The number of aromatic nitrogens is 3. The summed E-state index contributed by atoms with van der Waals surface area (Å²) in [5.74, 6) is -0.0981. The van der Waals surface area contributed by atoms with Gasteiger partial charge in [-0.05, 0) is 27.9 Å². The molecule has 1 amide bonds. The van der Waals surface area contributed by atoms with E-state index in [9.17, 15) is 4.79 Å². The van der Waals surface area contributed by atoms with Crippen molar-refractivity contribution in [2.24, 2.45) is 0 Å². The topological polar surface area (TPSA) is 65.0 Å². The molecule has 0 unspecified atom stereocenters. The number of carbonyl (C=O) groups excluding carboxylic acids is 1. The predicted octanol–water partition coefficient (Wildman–Crippen LogP) is 4.06. The molecule has 1 aromatic carbocycles. The zero-order chi connectivity index (χ0) is 18.6. The summed E-state index contributed by atoms with van der Waals surface area (Å²) >= 11 is 3.37. The molecule has 3 aromatic heterocycles. The minimum atomic E-state index is -0.0981. The third-order valence-corrected chi connectivity index (χ3v) is 4.80. The van der Waals surface area contributed by atoms with Crippen LogP contribution in [-0.4, -0.2) is 26.6 Å². The minimum Gasteiger partial charge on any atom is -0.448 e. The molecule has 3 heterocycles. The maximum atomic E-state index is 12.8. The summed E-state index contributed by atoms with van der Waals surface area (Å²) in [4.78, 5) is 16.8. The minimum absolute atomic E-state index is 0.0981. The normalized spacial score (nSPS) is 11.1. The van der Waals surface area contributed by atoms with Crippen molar-refractivity contribution in [1.29, 1.82) is 0 Å². The van der Waals surface area contributed by atoms with Crippen molar-refractivity contribution in [3.63, 3.8) is 0 Å². The molecule has 0 saturated heterocycles. The highest BCUT2D eigenvalue weighted by Gasteiger charge is 2.18. The van der Waals surface area contributed by atoms with Crippen LogP contribution < -0.4 is 5.32 Å². The van der Waals surface area contributed by atoms with Gasteiger partial charge in [-0.1, -0.05) is 30.3 Å². The largest absolute Gasteiger partial charge is 0.448 e. The second-order valence-electron chi connectivity index (χ2n) is 6.31. The van der Waals surface area contributed by atoms with Crippen LogP contribution in [0.2, 0.25) is 0 Å². The second kappa shape index (κ2) is 7.84. The number of hydrogen-bond acceptors (Lipinski definition) is 3. The van der Waals surface area contributed by atoms with Gasteiger partial charge in [0.05, 0.1) is 11.8 Å². The van der Waals surface area contributed by atoms with Gasteiger partial charge in [0, 0.05) is 44.2 Å². The Bertz CT molecular complexity index is 1040. The van der Waals surface area contributed by atoms with Gasteiger partial charge in [-0.25, -0.2) is 4.98 Å². The van der Waals surface area contributed by atoms with E-state index in [0.717, 1.165) is 24.0 Å². The molecular formula is C20H19BrN4O2. The van der Waals surface area contributed by atoms with Crippen LogP contribution in [0, 0.1) is 0 Å². The first-order valence-corrected chi connectivity index (χ1v) is 9.56. The molecule has 0 radical (unpaired) electrons. The first-order chi connectivity index (χ1) is 13.2. The third kappa shape index (κ3) is 3.98. The lowest BCUT2D eigenvalue weighted by atomic mass is 10.2. The Morgan fingerprint density at radius 3 is 2.85 bits per heavy atom. The molecule has 4 aromatic rings. The maximum Gasteiger partial charge on any atom is 0.268 e. The Morgan fingerprint density at radius 2 is 2.07 bits per heavy atom. The number of carbonyl (C=O) groups is 1. The number of imidazole rings is 1. The van der Waals surface area contributed by atoms with Gasteiger partial charge in [0.2, 0.25) is 0 Å². The van der Waals surface area contributed by atoms with E-state index in [1.165, 1.54) is 0 Å². The SMILES string of the molecule is O=C(NCCCn1ccnc1)c1cc2oc(Br)cc2n1Cc1ccccc1. The van der Waals surface area contributed by atoms with Gasteiger partial charge in [0.25, 0.3) is 5.91 Å². The molecule has 27 heavy (non-hydrogen) atoms. The van der Waals surface area contributed by atoms with Gasteiger partial charge in [0.1, 0.15) is 5.69 Å². The molecule has 0 saturated carbocycles. The lowest BCUT2D eigenvalue weighted by Crippen LogP contribution is -2.27. The number of amides is 1. The van der Waals surface area contributed by atoms with Crippen LogP contribution in [-0.2, 0) is 13.1 Å². The van der Waals surface area contributed by atoms with E-state index >= 15 is 0 Å². The predicted molar refractivity (Wildman–Crippen MR) is 107 cm³/mol. The average molecular weight is 427 g/mol. The molecule has 0 aliphatic rings. The first kappa shape index (κ1) is 17.6. The average Bonchev–Trinajstić information content (AvgIpc) is 3.37. The Labute approximate surface area is 164 Å². The highest BCUT2D eigenvalue weighted by molar-refractivity contribution is 9.10. The van der Waals surface area contributed by atoms with Crippen molar-refractivity contribution in [1.82, 2.24) is 19.4 Å². The van der Waals surface area contributed by atoms with E-state index in [-0.39, 0.29) is 5.91 Å². The molecule has 7 heteroatoms. The Kier molecular flexibility index (Phi) is 5.11. The standard InChI is InChI=1S/C20H19BrN4O2/c21-19-12-16-18(27-19)11-17(25(16)13-15-5-2-1-3-6-15)20(26)23-7-4-9-24-10-8-22-14-24/h1-3,5-6,8,10-12,14H,4,7,9,13H2,(H,23,26). The van der Waals surface area contributed by atoms with Crippen molar-refractivity contribution >= 4 is 32.9 Å². The van der Waals surface area contributed by atoms with Gasteiger partial charge in [0.15, 0.2) is 10.3 Å². The van der Waals surface area contributed by atoms with E-state index in [0.29, 0.717) is 29.0 Å². The van der Waals surface area contributed by atoms with E-state index in [1.54, 1.807) is 18.6 Å². The van der Waals surface area contributed by atoms with Gasteiger partial charge >= 0.3 is 0 Å². The maximum absolute atomic E-state index is 12.8. The number of aryl methyl sites for hydroxylation is 1. The van der Waals surface area contributed by atoms with E-state index in [4.69, 9.17) is 4.42 Å². The Balaban J connectivity index is 1.50. The van der Waals surface area contributed by atoms with Crippen LogP contribution in [0.3, 0.4) is 0 Å². The van der Waals surface area contributed by atoms with Crippen LogP contribution in [0.5, 0.6) is 0 Å². The molecule has 0 atom stereocenters. The van der Waals surface area contributed by atoms with Crippen LogP contribution in [0.1, 0.15) is 22.5 Å². The summed E-state index contributed by atoms with van der Waals surface area (Å²) in [5, 5.41) is 3.01. The summed E-state index contributed by atoms with van der Waals surface area (Å²) in [6.07, 6.45) is 6.28. The molecule has 0 fully saturated rings. The Morgan fingerprint density at radius 1 is 1.22 bits per heavy atom. The second-order valence-corrected chi connectivity index (χ2v) is 7.09. The smallest absolute Gasteiger partial charge is 0.268 e. The molecule has 6 nitrogen and oxygen atoms in total. The summed E-state index contributed by atoms with van der Waals surface area (Å²) in [6, 6.07) is 13.8. The quantitative estimate of drug-likeness (QED) is 0.453. The van der Waals surface area contributed by atoms with Gasteiger partial charge in [-0.15, -0.1) is 0 Å². The molecule has 0 aliphatic carbocycles. The molecule has 138 valence electrons. The highest BCUT2D eigenvalue weighted by atomic mass is 79.9. The van der Waals surface area contributed by atoms with Crippen molar-refractivity contribution in [2.75, 3.05) is 6.54 Å². The fourth-order valence-electron chi connectivity index (χ4n) is 3.11. The molecule has 0 spiro atoms. The fraction of sp³-hybridized carbons (Fsp3) is 0.200. The zero-order valence-electron chi connectivity index (χ0n) is 14.6. The van der Waals surface area contributed by atoms with Gasteiger partial charge in [-0.3, -0.25) is 4.79 Å². The number of fused-ring (bicyclic) bond motifs is 1. The third-order valence-electron chi connectivity index (χ3n) is 4.41. The van der Waals surface area contributed by atoms with Crippen LogP contribution in [0.4, 0.5) is 0 Å². The van der Waals surface area contributed by atoms with E-state index < -0.39 is 0 Å². The summed E-state index contributed by atoms with van der Waals surface area (Å²) in [6.45, 7) is 2.02. The van der Waals surface area contributed by atoms with Crippen molar-refractivity contribution < 1.29 is 9.21 Å². The van der Waals surface area contributed by atoms with E-state index in [1.807, 2.05) is 51.7 Å². The molecule has 0 bridgehead atoms. The number of halogens is 1. The number of rotatable bonds is 7. The number of hydrogen-bond donors (Lipinski definition) is 1. The molecule has 1 N–H and O–H groups in total. The number of nitrogens with one attached hydrogen (secondary N) is 1. The number of benzene rings is 1. The van der Waals surface area contributed by atoms with Crippen molar-refractivity contribution in [2.45, 2.75) is 19.5 Å². The van der Waals surface area contributed by atoms with Gasteiger partial charge in [-0.2, -0.15) is 0 Å². The van der Waals surface area contributed by atoms with Crippen LogP contribution in [0.25, 0.3) is 11.1 Å². The Hall–Kier alpha value is -2.80. The molecular weight excluding hydrogens is 408 g/mol. The number of nitrogens with zero attached hydrogens (tertiary/aromatic N) is 3. The van der Waals surface area contributed by atoms with Crippen LogP contribution >= 0.6 is 15.9 Å². The monoisotopic (exact) mass is 426 g/mol. The summed E-state index contributed by atoms with van der Waals surface area (Å²) in [5.41, 5.74) is 3.32. The fourth-order valence-corrected chi connectivity index (χ4v) is 3.50. The van der Waals surface area contributed by atoms with E-state index in [2.05, 4.69) is 26.2 Å². The van der Waals surface area contributed by atoms with Crippen molar-refractivity contribution in [3.05, 3.63) is 77.1 Å². The summed E-state index contributed by atoms with van der Waals surface area (Å²) in [7, 11) is 0. The lowest BCUT2D eigenvalue weighted by Gasteiger charge is -2.11. The molecule has 4 rings (SSSR count). The zero-order valence-corrected chi connectivity index (χ0v) is 16.2. The molecule has 0 aliphatic heterocycles. The number of furan rings is 1. The van der Waals surface area contributed by atoms with Gasteiger partial charge < -0.3 is 18.9 Å². The highest BCUT2D eigenvalue weighted by Crippen LogP contribution is 2.27. The van der Waals surface area contributed by atoms with Crippen molar-refractivity contribution in [3.8, 4) is 0 Å². The van der Waals surface area contributed by atoms with Crippen LogP contribution in [0.15, 0.2) is 70.3 Å². The first-order valence-electron chi connectivity index (χ1n) is 8.77.